The van der Waals surface area contributed by atoms with E-state index in [2.05, 4.69) is 6.26 Å². The average Bonchev–Trinajstić information content (AvgIpc) is 0.918. The summed E-state index contributed by atoms with van der Waals surface area (Å²) in [6, 6.07) is 0. The van der Waals surface area contributed by atoms with E-state index in [4.69, 9.17) is 0 Å². The zero-order valence-electron chi connectivity index (χ0n) is 3.20. The molecule has 5 heavy (non-hydrogen) atoms. The van der Waals surface area contributed by atoms with E-state index in [-0.39, 0.29) is 40.0 Å². The van der Waals surface area contributed by atoms with E-state index in [1.165, 1.54) is 11.8 Å². The first-order valence-corrected chi connectivity index (χ1v) is 2.09. The van der Waals surface area contributed by atoms with Gasteiger partial charge in [-0.05, 0) is 6.26 Å². The van der Waals surface area contributed by atoms with Gasteiger partial charge in [-0.1, -0.05) is 0 Å². The van der Waals surface area contributed by atoms with Crippen molar-refractivity contribution in [3.05, 3.63) is 6.26 Å². The van der Waals surface area contributed by atoms with Crippen molar-refractivity contribution < 1.29 is 17.0 Å². The number of hydrogen-bond acceptors (Lipinski definition) is 1. The summed E-state index contributed by atoms with van der Waals surface area (Å²) in [6.45, 7) is 0. The fourth-order valence-electron chi connectivity index (χ4n) is 0. The molecule has 0 nitrogen and oxygen atoms in total. The van der Waals surface area contributed by atoms with Crippen LogP contribution >= 0.6 is 11.8 Å². The smallest absolute Gasteiger partial charge is 1.00 e. The first kappa shape index (κ1) is 16.0. The van der Waals surface area contributed by atoms with Gasteiger partial charge in [-0.3, -0.25) is 6.26 Å². The number of rotatable bonds is 0. The minimum absolute atomic E-state index is 0. The second-order valence-corrected chi connectivity index (χ2v) is 0.866. The van der Waals surface area contributed by atoms with Gasteiger partial charge in [-0.2, -0.15) is 0 Å². The minimum atomic E-state index is 0. The van der Waals surface area contributed by atoms with Crippen molar-refractivity contribution in [2.75, 3.05) is 6.26 Å². The molecule has 0 aliphatic carbocycles. The molecule has 0 aliphatic heterocycles. The van der Waals surface area contributed by atoms with Gasteiger partial charge >= 0.3 is 23.1 Å². The molecule has 0 spiro atoms. The first-order valence-electron chi connectivity index (χ1n) is 0.697. The zero-order chi connectivity index (χ0) is 2.71. The first-order chi connectivity index (χ1) is 1.41. The van der Waals surface area contributed by atoms with Crippen molar-refractivity contribution in [3.63, 3.8) is 0 Å². The summed E-state index contributed by atoms with van der Waals surface area (Å²) < 4.78 is 0. The third-order valence-electron chi connectivity index (χ3n) is 0. The molecule has 0 fully saturated rings. The van der Waals surface area contributed by atoms with Crippen LogP contribution in [0.3, 0.4) is 0 Å². The Morgan fingerprint density at radius 2 is 1.60 bits per heavy atom. The number of halogens is 1. The van der Waals surface area contributed by atoms with Crippen molar-refractivity contribution >= 4 is 34.8 Å². The van der Waals surface area contributed by atoms with Crippen LogP contribution in [-0.4, -0.2) is 29.3 Å². The van der Waals surface area contributed by atoms with Crippen molar-refractivity contribution in [3.8, 4) is 0 Å². The summed E-state index contributed by atoms with van der Waals surface area (Å²) in [7, 11) is 0. The topological polar surface area (TPSA) is 0 Å². The van der Waals surface area contributed by atoms with Crippen LogP contribution in [0, 0.1) is 6.26 Å². The summed E-state index contributed by atoms with van der Waals surface area (Å²) in [5.41, 5.74) is 0. The van der Waals surface area contributed by atoms with Gasteiger partial charge < -0.3 is 28.7 Å². The molecule has 0 aromatic heterocycles. The molecule has 0 bridgehead atoms. The fraction of sp³-hybridized carbons (Fsp3) is 0.500. The Morgan fingerprint density at radius 3 is 1.60 bits per heavy atom. The second kappa shape index (κ2) is 17.5. The average molecular weight is 165 g/mol. The van der Waals surface area contributed by atoms with Crippen LogP contribution in [-0.2, 0) is 0 Å². The van der Waals surface area contributed by atoms with E-state index in [1.807, 2.05) is 6.26 Å². The molecule has 0 rings (SSSR count). The molecule has 0 aromatic carbocycles. The molecule has 0 atom stereocenters. The predicted molar refractivity (Wildman–Crippen MR) is 24.6 cm³/mol. The summed E-state index contributed by atoms with van der Waals surface area (Å²) in [6.07, 6.45) is 5.33. The Labute approximate surface area is 64.0 Å². The van der Waals surface area contributed by atoms with E-state index in [0.717, 1.165) is 0 Å². The van der Waals surface area contributed by atoms with Gasteiger partial charge in [0.05, 0.1) is 0 Å². The van der Waals surface area contributed by atoms with E-state index < -0.39 is 0 Å². The van der Waals surface area contributed by atoms with Crippen LogP contribution in [0.1, 0.15) is 0 Å². The Kier molecular flexibility index (Phi) is 56.0. The quantitative estimate of drug-likeness (QED) is 0.289. The molecule has 0 unspecified atom stereocenters. The predicted octanol–water partition coefficient (Wildman–Crippen LogP) is -2.24. The van der Waals surface area contributed by atoms with Gasteiger partial charge in [0, 0.05) is 0 Å². The van der Waals surface area contributed by atoms with Crippen LogP contribution in [0.25, 0.3) is 0 Å². The monoisotopic (exact) mass is 164 g/mol. The maximum Gasteiger partial charge on any atom is 2.00 e. The summed E-state index contributed by atoms with van der Waals surface area (Å²) in [5.74, 6) is 0. The molecule has 0 radical (unpaired) electrons. The molecule has 0 aliphatic rings. The van der Waals surface area contributed by atoms with E-state index in [1.54, 1.807) is 0 Å². The van der Waals surface area contributed by atoms with Crippen molar-refractivity contribution in [2.45, 2.75) is 0 Å². The van der Waals surface area contributed by atoms with E-state index in [0.29, 0.717) is 0 Å². The third-order valence-corrected chi connectivity index (χ3v) is 0. The SMILES string of the molecule is [Br-].[CH2-]SC.[Mg+2]. The largest absolute Gasteiger partial charge is 2.00 e. The molecule has 0 N–H and O–H groups in total. The van der Waals surface area contributed by atoms with Crippen LogP contribution in [0.2, 0.25) is 0 Å². The zero-order valence-corrected chi connectivity index (χ0v) is 7.02. The third kappa shape index (κ3) is 28.4. The van der Waals surface area contributed by atoms with Crippen molar-refractivity contribution in [2.24, 2.45) is 0 Å². The van der Waals surface area contributed by atoms with Gasteiger partial charge in [-0.15, -0.1) is 0 Å². The fourth-order valence-corrected chi connectivity index (χ4v) is 0. The van der Waals surface area contributed by atoms with Gasteiger partial charge in [-0.25, -0.2) is 0 Å². The molecule has 0 amide bonds. The van der Waals surface area contributed by atoms with Gasteiger partial charge in [0.25, 0.3) is 0 Å². The van der Waals surface area contributed by atoms with Gasteiger partial charge in [0.15, 0.2) is 0 Å². The maximum atomic E-state index is 3.40. The molecule has 0 heterocycles. The Hall–Kier alpha value is 1.60. The normalized spacial score (nSPS) is 3.60. The van der Waals surface area contributed by atoms with Crippen LogP contribution in [0.4, 0.5) is 0 Å². The van der Waals surface area contributed by atoms with E-state index in [9.17, 15) is 0 Å². The standard InChI is InChI=1S/C2H5S.BrH.Mg/c1-3-2;;/h1H2,2H3;1H;/q-1;;+2/p-1. The molecule has 0 aromatic rings. The Bertz CT molecular complexity index is 9.61. The van der Waals surface area contributed by atoms with Crippen LogP contribution in [0.5, 0.6) is 0 Å². The molecule has 0 saturated heterocycles. The molecular formula is C2H5BrMgS. The minimum Gasteiger partial charge on any atom is -1.00 e. The van der Waals surface area contributed by atoms with Crippen molar-refractivity contribution in [1.82, 2.24) is 0 Å². The van der Waals surface area contributed by atoms with E-state index >= 15 is 0 Å². The van der Waals surface area contributed by atoms with Crippen LogP contribution < -0.4 is 17.0 Å². The molecule has 0 saturated carbocycles. The molecule has 3 heteroatoms. The van der Waals surface area contributed by atoms with Crippen LogP contribution in [0.15, 0.2) is 0 Å². The molecule has 28 valence electrons. The second-order valence-electron chi connectivity index (χ2n) is 0.289. The van der Waals surface area contributed by atoms with Gasteiger partial charge in [0.1, 0.15) is 0 Å². The molecular weight excluding hydrogens is 160 g/mol. The van der Waals surface area contributed by atoms with Gasteiger partial charge in [0.2, 0.25) is 0 Å². The Morgan fingerprint density at radius 1 is 1.60 bits per heavy atom. The van der Waals surface area contributed by atoms with Crippen molar-refractivity contribution in [1.29, 1.82) is 0 Å². The summed E-state index contributed by atoms with van der Waals surface area (Å²) in [4.78, 5) is 0. The Balaban J connectivity index is -0.0000000200. The summed E-state index contributed by atoms with van der Waals surface area (Å²) in [5, 5.41) is 0. The maximum absolute atomic E-state index is 3.40. The number of thioether (sulfide) groups is 1. The number of hydrogen-bond donors (Lipinski definition) is 0. The summed E-state index contributed by atoms with van der Waals surface area (Å²) >= 11 is 1.50.